The molecule has 0 saturated heterocycles. The number of hydrogen-bond acceptors (Lipinski definition) is 4. The second-order valence-corrected chi connectivity index (χ2v) is 4.15. The van der Waals surface area contributed by atoms with E-state index in [1.807, 2.05) is 31.2 Å². The highest BCUT2D eigenvalue weighted by molar-refractivity contribution is 7.80. The highest BCUT2D eigenvalue weighted by Crippen LogP contribution is 2.16. The standard InChI is InChI=1S/C12H14N4O2S/c1-2-18-9-5-3-8(4-6-9)14-12(19)16-10(13)7-11(17)15-16/h3-7H,2,13H2,1H3,(H,14,19)(H,15,17). The largest absolute Gasteiger partial charge is 0.494 e. The van der Waals surface area contributed by atoms with Gasteiger partial charge in [0.15, 0.2) is 5.11 Å². The van der Waals surface area contributed by atoms with Crippen molar-refractivity contribution in [2.75, 3.05) is 17.7 Å². The number of nitrogens with zero attached hydrogens (tertiary/aromatic N) is 1. The van der Waals surface area contributed by atoms with Crippen LogP contribution in [-0.4, -0.2) is 21.5 Å². The maximum atomic E-state index is 11.1. The second kappa shape index (κ2) is 5.57. The molecule has 0 amide bonds. The van der Waals surface area contributed by atoms with Crippen LogP contribution >= 0.6 is 12.2 Å². The van der Waals surface area contributed by atoms with Crippen LogP contribution in [0.2, 0.25) is 0 Å². The average molecular weight is 278 g/mol. The lowest BCUT2D eigenvalue weighted by Gasteiger charge is -2.10. The Morgan fingerprint density at radius 3 is 2.68 bits per heavy atom. The molecule has 100 valence electrons. The van der Waals surface area contributed by atoms with E-state index in [2.05, 4.69) is 10.4 Å². The van der Waals surface area contributed by atoms with Gasteiger partial charge in [-0.2, -0.15) is 0 Å². The summed E-state index contributed by atoms with van der Waals surface area (Å²) < 4.78 is 6.65. The van der Waals surface area contributed by atoms with E-state index in [4.69, 9.17) is 22.7 Å². The Labute approximate surface area is 115 Å². The van der Waals surface area contributed by atoms with Crippen molar-refractivity contribution in [2.24, 2.45) is 0 Å². The van der Waals surface area contributed by atoms with E-state index in [1.54, 1.807) is 0 Å². The lowest BCUT2D eigenvalue weighted by molar-refractivity contribution is 0.340. The molecule has 0 unspecified atom stereocenters. The average Bonchev–Trinajstić information content (AvgIpc) is 2.71. The number of nitrogens with two attached hydrogens (primary N) is 1. The van der Waals surface area contributed by atoms with Gasteiger partial charge in [-0.3, -0.25) is 9.89 Å². The van der Waals surface area contributed by atoms with E-state index in [-0.39, 0.29) is 11.4 Å². The molecule has 1 heterocycles. The third kappa shape index (κ3) is 3.14. The summed E-state index contributed by atoms with van der Waals surface area (Å²) in [6, 6.07) is 8.59. The number of aromatic nitrogens is 2. The first-order valence-electron chi connectivity index (χ1n) is 5.72. The van der Waals surface area contributed by atoms with Crippen molar-refractivity contribution in [1.29, 1.82) is 0 Å². The van der Waals surface area contributed by atoms with Gasteiger partial charge < -0.3 is 15.8 Å². The summed E-state index contributed by atoms with van der Waals surface area (Å²) in [7, 11) is 0. The van der Waals surface area contributed by atoms with Gasteiger partial charge in [0, 0.05) is 11.8 Å². The first kappa shape index (κ1) is 13.2. The van der Waals surface area contributed by atoms with Gasteiger partial charge in [-0.1, -0.05) is 0 Å². The van der Waals surface area contributed by atoms with Gasteiger partial charge in [-0.15, -0.1) is 0 Å². The van der Waals surface area contributed by atoms with Crippen molar-refractivity contribution in [2.45, 2.75) is 6.92 Å². The van der Waals surface area contributed by atoms with Crippen LogP contribution in [0, 0.1) is 0 Å². The van der Waals surface area contributed by atoms with E-state index in [9.17, 15) is 4.79 Å². The van der Waals surface area contributed by atoms with Crippen LogP contribution in [0.4, 0.5) is 11.5 Å². The number of H-pyrrole nitrogens is 1. The minimum atomic E-state index is -0.298. The third-order valence-electron chi connectivity index (χ3n) is 2.38. The molecule has 2 aromatic rings. The Bertz CT molecular complexity index is 630. The van der Waals surface area contributed by atoms with Crippen LogP contribution < -0.4 is 21.3 Å². The van der Waals surface area contributed by atoms with Crippen molar-refractivity contribution in [1.82, 2.24) is 9.78 Å². The predicted molar refractivity (Wildman–Crippen MR) is 78.7 cm³/mol. The Morgan fingerprint density at radius 1 is 1.47 bits per heavy atom. The molecule has 0 atom stereocenters. The molecule has 0 spiro atoms. The molecule has 0 aliphatic heterocycles. The number of thiocarbonyl (C=S) groups is 1. The second-order valence-electron chi connectivity index (χ2n) is 3.77. The molecular formula is C12H14N4O2S. The number of aromatic amines is 1. The van der Waals surface area contributed by atoms with Crippen LogP contribution in [0.3, 0.4) is 0 Å². The molecule has 19 heavy (non-hydrogen) atoms. The Balaban J connectivity index is 2.10. The normalized spacial score (nSPS) is 10.2. The van der Waals surface area contributed by atoms with Crippen molar-refractivity contribution in [3.05, 3.63) is 40.7 Å². The smallest absolute Gasteiger partial charge is 0.266 e. The molecule has 0 aliphatic carbocycles. The number of hydrogen-bond donors (Lipinski definition) is 3. The fraction of sp³-hybridized carbons (Fsp3) is 0.167. The zero-order valence-electron chi connectivity index (χ0n) is 10.3. The number of nitrogen functional groups attached to an aromatic ring is 1. The Kier molecular flexibility index (Phi) is 3.86. The summed E-state index contributed by atoms with van der Waals surface area (Å²) in [6.45, 7) is 2.54. The summed E-state index contributed by atoms with van der Waals surface area (Å²) in [5, 5.41) is 5.77. The topological polar surface area (TPSA) is 85.1 Å². The summed E-state index contributed by atoms with van der Waals surface area (Å²) >= 11 is 5.16. The zero-order valence-corrected chi connectivity index (χ0v) is 11.2. The molecule has 0 fully saturated rings. The van der Waals surface area contributed by atoms with E-state index >= 15 is 0 Å². The van der Waals surface area contributed by atoms with Gasteiger partial charge in [0.05, 0.1) is 6.61 Å². The number of rotatable bonds is 3. The van der Waals surface area contributed by atoms with E-state index in [1.165, 1.54) is 10.7 Å². The number of benzene rings is 1. The van der Waals surface area contributed by atoms with Crippen LogP contribution in [0.5, 0.6) is 5.75 Å². The first-order chi connectivity index (χ1) is 9.10. The molecule has 0 radical (unpaired) electrons. The monoisotopic (exact) mass is 278 g/mol. The van der Waals surface area contributed by atoms with Crippen LogP contribution in [0.1, 0.15) is 6.92 Å². The molecule has 1 aromatic heterocycles. The summed E-state index contributed by atoms with van der Waals surface area (Å²) in [6.07, 6.45) is 0. The molecule has 0 bridgehead atoms. The first-order valence-corrected chi connectivity index (χ1v) is 6.12. The SMILES string of the molecule is CCOc1ccc(NC(=S)n2[nH]c(=O)cc2N)cc1. The Morgan fingerprint density at radius 2 is 2.16 bits per heavy atom. The van der Waals surface area contributed by atoms with E-state index in [0.29, 0.717) is 11.7 Å². The van der Waals surface area contributed by atoms with Gasteiger partial charge in [0.25, 0.3) is 5.56 Å². The quantitative estimate of drug-likeness (QED) is 0.739. The Hall–Kier alpha value is -2.28. The molecule has 0 saturated carbocycles. The molecule has 7 heteroatoms. The molecule has 4 N–H and O–H groups in total. The third-order valence-corrected chi connectivity index (χ3v) is 2.66. The lowest BCUT2D eigenvalue weighted by Crippen LogP contribution is -2.23. The number of nitrogens with one attached hydrogen (secondary N) is 2. The van der Waals surface area contributed by atoms with Gasteiger partial charge in [-0.25, -0.2) is 4.68 Å². The van der Waals surface area contributed by atoms with Gasteiger partial charge in [0.2, 0.25) is 0 Å². The van der Waals surface area contributed by atoms with Crippen molar-refractivity contribution >= 4 is 28.8 Å². The molecule has 2 rings (SSSR count). The van der Waals surface area contributed by atoms with E-state index < -0.39 is 0 Å². The fourth-order valence-corrected chi connectivity index (χ4v) is 1.82. The van der Waals surface area contributed by atoms with Crippen molar-refractivity contribution in [3.8, 4) is 5.75 Å². The summed E-state index contributed by atoms with van der Waals surface area (Å²) in [5.74, 6) is 1.04. The molecule has 1 aromatic carbocycles. The number of anilines is 2. The van der Waals surface area contributed by atoms with Crippen molar-refractivity contribution < 1.29 is 4.74 Å². The molecular weight excluding hydrogens is 264 g/mol. The maximum Gasteiger partial charge on any atom is 0.266 e. The highest BCUT2D eigenvalue weighted by Gasteiger charge is 2.06. The molecule has 6 nitrogen and oxygen atoms in total. The lowest BCUT2D eigenvalue weighted by atomic mass is 10.3. The maximum absolute atomic E-state index is 11.1. The van der Waals surface area contributed by atoms with Crippen LogP contribution in [0.25, 0.3) is 0 Å². The van der Waals surface area contributed by atoms with Gasteiger partial charge in [0.1, 0.15) is 11.6 Å². The van der Waals surface area contributed by atoms with Gasteiger partial charge in [-0.05, 0) is 43.4 Å². The number of ether oxygens (including phenoxy) is 1. The molecule has 0 aliphatic rings. The predicted octanol–water partition coefficient (Wildman–Crippen LogP) is 1.40. The van der Waals surface area contributed by atoms with Gasteiger partial charge >= 0.3 is 0 Å². The summed E-state index contributed by atoms with van der Waals surface area (Å²) in [5.41, 5.74) is 6.13. The fourth-order valence-electron chi connectivity index (χ4n) is 1.55. The minimum absolute atomic E-state index is 0.258. The van der Waals surface area contributed by atoms with E-state index in [0.717, 1.165) is 11.4 Å². The minimum Gasteiger partial charge on any atom is -0.494 e. The van der Waals surface area contributed by atoms with Crippen LogP contribution in [0.15, 0.2) is 35.1 Å². The zero-order chi connectivity index (χ0) is 13.8. The van der Waals surface area contributed by atoms with Crippen LogP contribution in [-0.2, 0) is 0 Å². The van der Waals surface area contributed by atoms with Crippen molar-refractivity contribution in [3.63, 3.8) is 0 Å². The highest BCUT2D eigenvalue weighted by atomic mass is 32.1. The summed E-state index contributed by atoms with van der Waals surface area (Å²) in [4.78, 5) is 11.1.